The molecule has 0 bridgehead atoms. The van der Waals surface area contributed by atoms with Crippen LogP contribution in [0.2, 0.25) is 0 Å². The summed E-state index contributed by atoms with van der Waals surface area (Å²) in [5, 5.41) is 2.94. The standard InChI is InChI=1S/C19H21N3O2S/c1-25-17-7-5-14(6-8-17)11-21-19(24)15-10-18(23)22(12-15)13-16-4-2-3-9-20-16/h2-9,15H,10-13H2,1H3,(H,21,24)/t15-/m1/s1. The topological polar surface area (TPSA) is 62.3 Å². The van der Waals surface area contributed by atoms with Crippen molar-refractivity contribution < 1.29 is 9.59 Å². The van der Waals surface area contributed by atoms with Crippen LogP contribution in [0.3, 0.4) is 0 Å². The molecular weight excluding hydrogens is 334 g/mol. The van der Waals surface area contributed by atoms with Crippen LogP contribution in [-0.4, -0.2) is 34.5 Å². The van der Waals surface area contributed by atoms with Crippen LogP contribution in [-0.2, 0) is 22.7 Å². The second kappa shape index (κ2) is 8.16. The number of hydrogen-bond donors (Lipinski definition) is 1. The van der Waals surface area contributed by atoms with E-state index in [0.29, 0.717) is 19.6 Å². The van der Waals surface area contributed by atoms with Crippen molar-refractivity contribution in [3.63, 3.8) is 0 Å². The maximum absolute atomic E-state index is 12.4. The molecule has 1 aliphatic rings. The number of amides is 2. The quantitative estimate of drug-likeness (QED) is 0.809. The smallest absolute Gasteiger partial charge is 0.225 e. The second-order valence-electron chi connectivity index (χ2n) is 6.06. The highest BCUT2D eigenvalue weighted by molar-refractivity contribution is 7.98. The maximum Gasteiger partial charge on any atom is 0.225 e. The van der Waals surface area contributed by atoms with Gasteiger partial charge in [-0.2, -0.15) is 0 Å². The molecule has 0 saturated carbocycles. The lowest BCUT2D eigenvalue weighted by Gasteiger charge is -2.16. The first-order valence-electron chi connectivity index (χ1n) is 8.24. The van der Waals surface area contributed by atoms with Crippen LogP contribution in [0.15, 0.2) is 53.6 Å². The van der Waals surface area contributed by atoms with Crippen molar-refractivity contribution in [1.82, 2.24) is 15.2 Å². The third-order valence-electron chi connectivity index (χ3n) is 4.29. The van der Waals surface area contributed by atoms with Crippen LogP contribution in [0.1, 0.15) is 17.7 Å². The van der Waals surface area contributed by atoms with Gasteiger partial charge in [0, 0.05) is 30.6 Å². The highest BCUT2D eigenvalue weighted by atomic mass is 32.2. The maximum atomic E-state index is 12.4. The van der Waals surface area contributed by atoms with Gasteiger partial charge in [-0.1, -0.05) is 18.2 Å². The van der Waals surface area contributed by atoms with Crippen molar-refractivity contribution in [3.05, 3.63) is 59.9 Å². The van der Waals surface area contributed by atoms with E-state index in [0.717, 1.165) is 11.3 Å². The molecule has 1 aromatic carbocycles. The molecule has 2 aromatic rings. The van der Waals surface area contributed by atoms with Crippen LogP contribution >= 0.6 is 11.8 Å². The number of carbonyl (C=O) groups is 2. The number of hydrogen-bond acceptors (Lipinski definition) is 4. The Hall–Kier alpha value is -2.34. The van der Waals surface area contributed by atoms with E-state index in [1.807, 2.05) is 48.7 Å². The minimum Gasteiger partial charge on any atom is -0.352 e. The number of nitrogens with zero attached hydrogens (tertiary/aromatic N) is 2. The molecule has 2 heterocycles. The first-order chi connectivity index (χ1) is 12.2. The Kier molecular flexibility index (Phi) is 5.71. The zero-order chi connectivity index (χ0) is 17.6. The first-order valence-corrected chi connectivity index (χ1v) is 9.46. The van der Waals surface area contributed by atoms with Crippen molar-refractivity contribution in [3.8, 4) is 0 Å². The van der Waals surface area contributed by atoms with Crippen LogP contribution < -0.4 is 5.32 Å². The van der Waals surface area contributed by atoms with Gasteiger partial charge in [-0.3, -0.25) is 14.6 Å². The molecule has 0 spiro atoms. The summed E-state index contributed by atoms with van der Waals surface area (Å²) in [6.07, 6.45) is 4.01. The second-order valence-corrected chi connectivity index (χ2v) is 6.94. The first kappa shape index (κ1) is 17.5. The average Bonchev–Trinajstić information content (AvgIpc) is 3.01. The summed E-state index contributed by atoms with van der Waals surface area (Å²) in [7, 11) is 0. The van der Waals surface area contributed by atoms with Gasteiger partial charge in [0.05, 0.1) is 18.2 Å². The molecule has 1 saturated heterocycles. The van der Waals surface area contributed by atoms with E-state index < -0.39 is 0 Å². The summed E-state index contributed by atoms with van der Waals surface area (Å²) in [6, 6.07) is 13.7. The highest BCUT2D eigenvalue weighted by Gasteiger charge is 2.34. The Bertz CT molecular complexity index is 734. The lowest BCUT2D eigenvalue weighted by molar-refractivity contribution is -0.129. The fraction of sp³-hybridized carbons (Fsp3) is 0.316. The minimum atomic E-state index is -0.290. The van der Waals surface area contributed by atoms with Crippen LogP contribution in [0.5, 0.6) is 0 Å². The molecule has 2 amide bonds. The van der Waals surface area contributed by atoms with Crippen molar-refractivity contribution in [2.45, 2.75) is 24.4 Å². The zero-order valence-electron chi connectivity index (χ0n) is 14.1. The third kappa shape index (κ3) is 4.60. The molecule has 130 valence electrons. The number of benzene rings is 1. The molecule has 0 aliphatic carbocycles. The SMILES string of the molecule is CSc1ccc(CNC(=O)[C@@H]2CC(=O)N(Cc3ccccn3)C2)cc1. The monoisotopic (exact) mass is 355 g/mol. The fourth-order valence-electron chi connectivity index (χ4n) is 2.86. The van der Waals surface area contributed by atoms with Gasteiger partial charge in [0.25, 0.3) is 0 Å². The van der Waals surface area contributed by atoms with Gasteiger partial charge in [-0.25, -0.2) is 0 Å². The van der Waals surface area contributed by atoms with Crippen LogP contribution in [0.4, 0.5) is 0 Å². The molecule has 5 nitrogen and oxygen atoms in total. The molecular formula is C19H21N3O2S. The number of rotatable bonds is 6. The van der Waals surface area contributed by atoms with Gasteiger partial charge in [0.15, 0.2) is 0 Å². The normalized spacial score (nSPS) is 16.9. The van der Waals surface area contributed by atoms with Crippen molar-refractivity contribution in [2.24, 2.45) is 5.92 Å². The van der Waals surface area contributed by atoms with Crippen LogP contribution in [0, 0.1) is 5.92 Å². The van der Waals surface area contributed by atoms with Gasteiger partial charge in [-0.15, -0.1) is 11.8 Å². The molecule has 1 aliphatic heterocycles. The summed E-state index contributed by atoms with van der Waals surface area (Å²) in [4.78, 5) is 31.7. The predicted molar refractivity (Wildman–Crippen MR) is 97.8 cm³/mol. The van der Waals surface area contributed by atoms with Gasteiger partial charge < -0.3 is 10.2 Å². The number of aromatic nitrogens is 1. The lowest BCUT2D eigenvalue weighted by atomic mass is 10.1. The van der Waals surface area contributed by atoms with E-state index in [1.165, 1.54) is 4.90 Å². The summed E-state index contributed by atoms with van der Waals surface area (Å²) >= 11 is 1.69. The van der Waals surface area contributed by atoms with Gasteiger partial charge in [-0.05, 0) is 36.1 Å². The Labute approximate surface area is 151 Å². The van der Waals surface area contributed by atoms with Crippen molar-refractivity contribution in [2.75, 3.05) is 12.8 Å². The molecule has 1 aromatic heterocycles. The summed E-state index contributed by atoms with van der Waals surface area (Å²) in [5.41, 5.74) is 1.90. The molecule has 3 rings (SSSR count). The van der Waals surface area contributed by atoms with E-state index in [1.54, 1.807) is 22.9 Å². The summed E-state index contributed by atoms with van der Waals surface area (Å²) < 4.78 is 0. The Morgan fingerprint density at radius 1 is 1.28 bits per heavy atom. The van der Waals surface area contributed by atoms with E-state index in [2.05, 4.69) is 10.3 Å². The minimum absolute atomic E-state index is 0.00938. The van der Waals surface area contributed by atoms with Crippen molar-refractivity contribution >= 4 is 23.6 Å². The average molecular weight is 355 g/mol. The van der Waals surface area contributed by atoms with E-state index in [4.69, 9.17) is 0 Å². The highest BCUT2D eigenvalue weighted by Crippen LogP contribution is 2.20. The Morgan fingerprint density at radius 3 is 2.76 bits per heavy atom. The number of carbonyl (C=O) groups excluding carboxylic acids is 2. The molecule has 0 radical (unpaired) electrons. The molecule has 6 heteroatoms. The van der Waals surface area contributed by atoms with Gasteiger partial charge in [0.1, 0.15) is 0 Å². The van der Waals surface area contributed by atoms with E-state index in [9.17, 15) is 9.59 Å². The van der Waals surface area contributed by atoms with E-state index in [-0.39, 0.29) is 24.2 Å². The molecule has 1 fully saturated rings. The number of thioether (sulfide) groups is 1. The Morgan fingerprint density at radius 2 is 2.08 bits per heavy atom. The van der Waals surface area contributed by atoms with E-state index >= 15 is 0 Å². The van der Waals surface area contributed by atoms with Crippen LogP contribution in [0.25, 0.3) is 0 Å². The Balaban J connectivity index is 1.51. The number of nitrogens with one attached hydrogen (secondary N) is 1. The van der Waals surface area contributed by atoms with Gasteiger partial charge >= 0.3 is 0 Å². The molecule has 1 N–H and O–H groups in total. The number of likely N-dealkylation sites (tertiary alicyclic amines) is 1. The summed E-state index contributed by atoms with van der Waals surface area (Å²) in [5.74, 6) is -0.345. The fourth-order valence-corrected chi connectivity index (χ4v) is 3.27. The predicted octanol–water partition coefficient (Wildman–Crippen LogP) is 2.47. The molecule has 25 heavy (non-hydrogen) atoms. The van der Waals surface area contributed by atoms with Gasteiger partial charge in [0.2, 0.25) is 11.8 Å². The summed E-state index contributed by atoms with van der Waals surface area (Å²) in [6.45, 7) is 1.39. The lowest BCUT2D eigenvalue weighted by Crippen LogP contribution is -2.32. The zero-order valence-corrected chi connectivity index (χ0v) is 15.0. The third-order valence-corrected chi connectivity index (χ3v) is 5.03. The molecule has 0 unspecified atom stereocenters. The number of pyridine rings is 1. The molecule has 1 atom stereocenters. The van der Waals surface area contributed by atoms with Crippen molar-refractivity contribution in [1.29, 1.82) is 0 Å². The largest absolute Gasteiger partial charge is 0.352 e.